The molecule has 0 spiro atoms. The number of anilines is 1. The molecule has 3 N–H and O–H groups in total. The van der Waals surface area contributed by atoms with E-state index in [-0.39, 0.29) is 11.4 Å². The van der Waals surface area contributed by atoms with Crippen LogP contribution in [0.25, 0.3) is 11.5 Å². The van der Waals surface area contributed by atoms with Gasteiger partial charge in [-0.15, -0.1) is 0 Å². The van der Waals surface area contributed by atoms with Crippen molar-refractivity contribution in [3.05, 3.63) is 23.8 Å². The molecule has 2 aromatic rings. The molecule has 0 bridgehead atoms. The van der Waals surface area contributed by atoms with Crippen molar-refractivity contribution < 1.29 is 9.90 Å². The van der Waals surface area contributed by atoms with Crippen molar-refractivity contribution in [2.45, 2.75) is 6.92 Å². The highest BCUT2D eigenvalue weighted by Gasteiger charge is 2.17. The summed E-state index contributed by atoms with van der Waals surface area (Å²) in [5.41, 5.74) is 6.57. The molecule has 0 amide bonds. The van der Waals surface area contributed by atoms with Gasteiger partial charge in [0.15, 0.2) is 5.82 Å². The van der Waals surface area contributed by atoms with Crippen LogP contribution in [0, 0.1) is 6.92 Å². The molecule has 88 valence electrons. The molecule has 0 saturated heterocycles. The number of hydrogen-bond acceptors (Lipinski definition) is 5. The lowest BCUT2D eigenvalue weighted by atomic mass is 10.2. The standard InChI is InChI=1S/C10H11N5O2/c1-5-7(10(16)17)8(11)14-9(13-5)6-3-12-4-15(6)2/h3-4H,1-2H3,(H,16,17)(H2,11,13,14). The average Bonchev–Trinajstić information content (AvgIpc) is 2.62. The van der Waals surface area contributed by atoms with Crippen LogP contribution in [0.2, 0.25) is 0 Å². The topological polar surface area (TPSA) is 107 Å². The summed E-state index contributed by atoms with van der Waals surface area (Å²) in [5, 5.41) is 8.94. The Hall–Kier alpha value is -2.44. The number of nitrogens with zero attached hydrogens (tertiary/aromatic N) is 4. The van der Waals surface area contributed by atoms with Crippen LogP contribution in [0.3, 0.4) is 0 Å². The van der Waals surface area contributed by atoms with Crippen LogP contribution in [0.4, 0.5) is 5.82 Å². The highest BCUT2D eigenvalue weighted by molar-refractivity contribution is 5.94. The lowest BCUT2D eigenvalue weighted by molar-refractivity contribution is 0.0696. The maximum atomic E-state index is 10.9. The van der Waals surface area contributed by atoms with Crippen molar-refractivity contribution in [2.75, 3.05) is 5.73 Å². The number of nitrogen functional groups attached to an aromatic ring is 1. The molecule has 2 heterocycles. The molecule has 0 saturated carbocycles. The van der Waals surface area contributed by atoms with Crippen molar-refractivity contribution in [1.29, 1.82) is 0 Å². The maximum Gasteiger partial charge on any atom is 0.341 e. The van der Waals surface area contributed by atoms with Crippen molar-refractivity contribution in [2.24, 2.45) is 7.05 Å². The van der Waals surface area contributed by atoms with E-state index in [1.165, 1.54) is 0 Å². The minimum Gasteiger partial charge on any atom is -0.477 e. The van der Waals surface area contributed by atoms with E-state index in [9.17, 15) is 4.79 Å². The number of nitrogens with two attached hydrogens (primary N) is 1. The Balaban J connectivity index is 2.61. The Morgan fingerprint density at radius 1 is 1.47 bits per heavy atom. The van der Waals surface area contributed by atoms with E-state index in [0.717, 1.165) is 0 Å². The Morgan fingerprint density at radius 2 is 2.18 bits per heavy atom. The summed E-state index contributed by atoms with van der Waals surface area (Å²) in [6.45, 7) is 1.58. The second kappa shape index (κ2) is 3.85. The molecule has 0 radical (unpaired) electrons. The molecule has 0 fully saturated rings. The van der Waals surface area contributed by atoms with E-state index in [1.807, 2.05) is 0 Å². The number of aryl methyl sites for hydroxylation is 2. The van der Waals surface area contributed by atoms with Gasteiger partial charge in [-0.3, -0.25) is 0 Å². The number of hydrogen-bond donors (Lipinski definition) is 2. The summed E-state index contributed by atoms with van der Waals surface area (Å²) >= 11 is 0. The highest BCUT2D eigenvalue weighted by atomic mass is 16.4. The number of carboxylic acids is 1. The van der Waals surface area contributed by atoms with Crippen LogP contribution in [0.5, 0.6) is 0 Å². The van der Waals surface area contributed by atoms with Crippen LogP contribution in [0.15, 0.2) is 12.5 Å². The van der Waals surface area contributed by atoms with Gasteiger partial charge >= 0.3 is 5.97 Å². The van der Waals surface area contributed by atoms with Crippen molar-refractivity contribution >= 4 is 11.8 Å². The number of aromatic carboxylic acids is 1. The maximum absolute atomic E-state index is 10.9. The van der Waals surface area contributed by atoms with Gasteiger partial charge in [-0.05, 0) is 6.92 Å². The molecular formula is C10H11N5O2. The van der Waals surface area contributed by atoms with Gasteiger partial charge in [0.2, 0.25) is 0 Å². The molecule has 7 nitrogen and oxygen atoms in total. The molecule has 0 aromatic carbocycles. The van der Waals surface area contributed by atoms with Gasteiger partial charge in [0.05, 0.1) is 18.2 Å². The molecule has 0 aliphatic heterocycles. The monoisotopic (exact) mass is 233 g/mol. The fraction of sp³-hybridized carbons (Fsp3) is 0.200. The third-order valence-corrected chi connectivity index (χ3v) is 2.38. The normalized spacial score (nSPS) is 10.5. The minimum absolute atomic E-state index is 0.0406. The Kier molecular flexibility index (Phi) is 2.51. The van der Waals surface area contributed by atoms with Crippen LogP contribution in [-0.4, -0.2) is 30.6 Å². The summed E-state index contributed by atoms with van der Waals surface area (Å²) in [4.78, 5) is 23.0. The van der Waals surface area contributed by atoms with E-state index < -0.39 is 5.97 Å². The average molecular weight is 233 g/mol. The molecule has 0 aliphatic rings. The van der Waals surface area contributed by atoms with Crippen LogP contribution in [-0.2, 0) is 7.05 Å². The van der Waals surface area contributed by atoms with E-state index in [2.05, 4.69) is 15.0 Å². The van der Waals surface area contributed by atoms with Crippen molar-refractivity contribution in [1.82, 2.24) is 19.5 Å². The molecule has 0 aliphatic carbocycles. The van der Waals surface area contributed by atoms with Crippen LogP contribution in [0.1, 0.15) is 16.1 Å². The lowest BCUT2D eigenvalue weighted by Gasteiger charge is -2.07. The van der Waals surface area contributed by atoms with E-state index in [1.54, 1.807) is 31.1 Å². The van der Waals surface area contributed by atoms with Crippen LogP contribution >= 0.6 is 0 Å². The first-order valence-electron chi connectivity index (χ1n) is 4.84. The number of carboxylic acid groups (broad SMARTS) is 1. The predicted octanol–water partition coefficient (Wildman–Crippen LogP) is 0.466. The van der Waals surface area contributed by atoms with Gasteiger partial charge < -0.3 is 15.4 Å². The third-order valence-electron chi connectivity index (χ3n) is 2.38. The molecule has 2 aromatic heterocycles. The van der Waals surface area contributed by atoms with E-state index in [4.69, 9.17) is 10.8 Å². The van der Waals surface area contributed by atoms with Gasteiger partial charge in [0, 0.05) is 7.05 Å². The summed E-state index contributed by atoms with van der Waals surface area (Å²) < 4.78 is 1.73. The Bertz CT molecular complexity index is 567. The third kappa shape index (κ3) is 1.82. The van der Waals surface area contributed by atoms with Gasteiger partial charge in [-0.1, -0.05) is 0 Å². The van der Waals surface area contributed by atoms with Crippen molar-refractivity contribution in [3.8, 4) is 11.5 Å². The number of imidazole rings is 1. The lowest BCUT2D eigenvalue weighted by Crippen LogP contribution is -2.11. The van der Waals surface area contributed by atoms with Crippen molar-refractivity contribution in [3.63, 3.8) is 0 Å². The number of carbonyl (C=O) groups is 1. The smallest absolute Gasteiger partial charge is 0.341 e. The van der Waals surface area contributed by atoms with Gasteiger partial charge in [0.25, 0.3) is 0 Å². The second-order valence-electron chi connectivity index (χ2n) is 3.59. The van der Waals surface area contributed by atoms with Gasteiger partial charge in [0.1, 0.15) is 17.1 Å². The van der Waals surface area contributed by atoms with Gasteiger partial charge in [-0.2, -0.15) is 0 Å². The molecule has 7 heteroatoms. The quantitative estimate of drug-likeness (QED) is 0.780. The highest BCUT2D eigenvalue weighted by Crippen LogP contribution is 2.19. The summed E-state index contributed by atoms with van der Waals surface area (Å²) in [7, 11) is 1.79. The van der Waals surface area contributed by atoms with E-state index >= 15 is 0 Å². The number of rotatable bonds is 2. The fourth-order valence-electron chi connectivity index (χ4n) is 1.55. The predicted molar refractivity (Wildman–Crippen MR) is 60.3 cm³/mol. The fourth-order valence-corrected chi connectivity index (χ4v) is 1.55. The Morgan fingerprint density at radius 3 is 2.65 bits per heavy atom. The largest absolute Gasteiger partial charge is 0.477 e. The minimum atomic E-state index is -1.13. The SMILES string of the molecule is Cc1nc(-c2cncn2C)nc(N)c1C(=O)O. The van der Waals surface area contributed by atoms with E-state index in [0.29, 0.717) is 17.2 Å². The Labute approximate surface area is 97.0 Å². The first kappa shape index (κ1) is 11.1. The zero-order chi connectivity index (χ0) is 12.6. The second-order valence-corrected chi connectivity index (χ2v) is 3.59. The molecule has 0 unspecified atom stereocenters. The molecular weight excluding hydrogens is 222 g/mol. The first-order chi connectivity index (χ1) is 8.00. The molecule has 0 atom stereocenters. The zero-order valence-corrected chi connectivity index (χ0v) is 9.38. The summed E-state index contributed by atoms with van der Waals surface area (Å²) in [6.07, 6.45) is 3.20. The summed E-state index contributed by atoms with van der Waals surface area (Å²) in [5.74, 6) is -0.803. The zero-order valence-electron chi connectivity index (χ0n) is 9.38. The first-order valence-corrected chi connectivity index (χ1v) is 4.84. The van der Waals surface area contributed by atoms with Crippen LogP contribution < -0.4 is 5.73 Å². The molecule has 17 heavy (non-hydrogen) atoms. The van der Waals surface area contributed by atoms with Gasteiger partial charge in [-0.25, -0.2) is 19.7 Å². The summed E-state index contributed by atoms with van der Waals surface area (Å²) in [6, 6.07) is 0. The molecule has 2 rings (SSSR count). The number of aromatic nitrogens is 4.